The Kier molecular flexibility index (Phi) is 7.46. The number of nitrogens with zero attached hydrogens (tertiary/aromatic N) is 2. The molecule has 4 aliphatic carbocycles. The number of hydrogen-bond acceptors (Lipinski definition) is 9. The number of benzene rings is 1. The molecule has 1 aromatic rings. The summed E-state index contributed by atoms with van der Waals surface area (Å²) in [5.41, 5.74) is 3.91. The molecule has 4 aliphatic rings. The molecule has 10 nitrogen and oxygen atoms in total. The minimum absolute atomic E-state index is 0.00979. The first kappa shape index (κ1) is 29.8. The molecule has 3 fully saturated rings. The van der Waals surface area contributed by atoms with Crippen LogP contribution in [0.4, 0.5) is 0 Å². The zero-order chi connectivity index (χ0) is 30.2. The second-order valence-electron chi connectivity index (χ2n) is 12.9. The monoisotopic (exact) mass is 587 g/mol. The molecule has 41 heavy (non-hydrogen) atoms. The minimum atomic E-state index is -2.74. The molecule has 1 aromatic carbocycles. The molecule has 0 saturated heterocycles. The lowest BCUT2D eigenvalue weighted by Crippen LogP contribution is -2.74. The van der Waals surface area contributed by atoms with Gasteiger partial charge in [0.2, 0.25) is 5.91 Å². The van der Waals surface area contributed by atoms with Gasteiger partial charge < -0.3 is 20.8 Å². The molecule has 11 heteroatoms. The maximum absolute atomic E-state index is 13.9. The molecule has 0 aromatic heterocycles. The van der Waals surface area contributed by atoms with Gasteiger partial charge in [-0.3, -0.25) is 28.9 Å². The fourth-order valence-corrected chi connectivity index (χ4v) is 8.33. The summed E-state index contributed by atoms with van der Waals surface area (Å²) in [5.74, 6) is -10.7. The number of ketones is 4. The summed E-state index contributed by atoms with van der Waals surface area (Å²) >= 11 is 6.88. The molecule has 222 valence electrons. The van der Waals surface area contributed by atoms with Crippen molar-refractivity contribution in [2.24, 2.45) is 34.8 Å². The number of likely N-dealkylation sites (N-methyl/N-ethyl adjacent to an activating group) is 1. The van der Waals surface area contributed by atoms with E-state index in [0.29, 0.717) is 22.7 Å². The van der Waals surface area contributed by atoms with E-state index in [2.05, 4.69) is 11.8 Å². The Morgan fingerprint density at radius 1 is 1.15 bits per heavy atom. The van der Waals surface area contributed by atoms with Crippen LogP contribution in [0.1, 0.15) is 60.5 Å². The van der Waals surface area contributed by atoms with E-state index in [1.165, 1.54) is 30.2 Å². The average Bonchev–Trinajstić information content (AvgIpc) is 2.86. The zero-order valence-corrected chi connectivity index (χ0v) is 24.7. The topological polar surface area (TPSA) is 158 Å². The van der Waals surface area contributed by atoms with Gasteiger partial charge in [-0.05, 0) is 81.8 Å². The molecule has 5 rings (SSSR count). The quantitative estimate of drug-likeness (QED) is 0.402. The predicted octanol–water partition coefficient (Wildman–Crippen LogP) is 1.53. The van der Waals surface area contributed by atoms with E-state index in [1.807, 2.05) is 7.05 Å². The molecule has 2 unspecified atom stereocenters. The minimum Gasteiger partial charge on any atom is -0.507 e. The number of primary amides is 1. The molecule has 1 amide bonds. The fourth-order valence-electron chi connectivity index (χ4n) is 8.04. The number of aliphatic hydroxyl groups is 1. The standard InChI is InChI=1S/C30H38ClN3O7/c1-5-29(7-6-8-29)13-34(4)12-15-11-18(35)20-16(22(15)31)9-14-10-17-23(33(2)3)25(37)21(28(32)40)27(39)30(17,41)26(38)19(14)24(20)36/h11,14,17,19,21,23,35,41H,5-10,12-13H2,1-4H3,(H2,32,40)/t14-,17-,19?,21?,23-,30-/m0/s1. The summed E-state index contributed by atoms with van der Waals surface area (Å²) in [4.78, 5) is 70.0. The number of fused-ring (bicyclic) bond motifs is 3. The van der Waals surface area contributed by atoms with Crippen molar-refractivity contribution in [3.63, 3.8) is 0 Å². The molecule has 6 atom stereocenters. The van der Waals surface area contributed by atoms with Crippen LogP contribution in [-0.4, -0.2) is 88.4 Å². The van der Waals surface area contributed by atoms with Crippen LogP contribution in [0.3, 0.4) is 0 Å². The van der Waals surface area contributed by atoms with Gasteiger partial charge >= 0.3 is 0 Å². The van der Waals surface area contributed by atoms with Gasteiger partial charge in [0.05, 0.1) is 17.5 Å². The summed E-state index contributed by atoms with van der Waals surface area (Å²) in [7, 11) is 5.11. The Bertz CT molecular complexity index is 1350. The third kappa shape index (κ3) is 4.37. The summed E-state index contributed by atoms with van der Waals surface area (Å²) in [6.45, 7) is 3.54. The maximum atomic E-state index is 13.9. The van der Waals surface area contributed by atoms with Crippen molar-refractivity contribution in [3.8, 4) is 5.75 Å². The van der Waals surface area contributed by atoms with Gasteiger partial charge in [0, 0.05) is 24.0 Å². The second-order valence-corrected chi connectivity index (χ2v) is 13.3. The number of carbonyl (C=O) groups excluding carboxylic acids is 5. The van der Waals surface area contributed by atoms with Crippen molar-refractivity contribution < 1.29 is 34.2 Å². The van der Waals surface area contributed by atoms with Crippen LogP contribution in [0.25, 0.3) is 0 Å². The van der Waals surface area contributed by atoms with Crippen molar-refractivity contribution in [2.75, 3.05) is 27.7 Å². The highest BCUT2D eigenvalue weighted by atomic mass is 35.5. The highest BCUT2D eigenvalue weighted by Crippen LogP contribution is 2.52. The molecular formula is C30H38ClN3O7. The first-order valence-electron chi connectivity index (χ1n) is 14.2. The third-order valence-corrected chi connectivity index (χ3v) is 10.8. The summed E-state index contributed by atoms with van der Waals surface area (Å²) < 4.78 is 0. The first-order valence-corrected chi connectivity index (χ1v) is 14.6. The number of amides is 1. The van der Waals surface area contributed by atoms with Crippen molar-refractivity contribution in [1.29, 1.82) is 0 Å². The molecule has 0 heterocycles. The van der Waals surface area contributed by atoms with Crippen LogP contribution in [-0.2, 0) is 32.1 Å². The SMILES string of the molecule is CCC1(CN(C)Cc2cc(O)c3c(c2Cl)C[C@H]2C[C@H]4[C@H](N(C)C)C(=O)C(C(N)=O)C(=O)[C@@]4(O)C(=O)C2C3=O)CCC1. The van der Waals surface area contributed by atoms with Gasteiger partial charge in [0.1, 0.15) is 5.75 Å². The van der Waals surface area contributed by atoms with Crippen molar-refractivity contribution in [2.45, 2.75) is 63.6 Å². The average molecular weight is 588 g/mol. The maximum Gasteiger partial charge on any atom is 0.235 e. The van der Waals surface area contributed by atoms with E-state index in [-0.39, 0.29) is 29.6 Å². The number of carbonyl (C=O) groups is 5. The van der Waals surface area contributed by atoms with Crippen LogP contribution >= 0.6 is 11.6 Å². The molecule has 0 spiro atoms. The lowest BCUT2D eigenvalue weighted by atomic mass is 9.52. The van der Waals surface area contributed by atoms with Gasteiger partial charge in [-0.1, -0.05) is 24.9 Å². The number of nitrogens with two attached hydrogens (primary N) is 1. The van der Waals surface area contributed by atoms with Crippen molar-refractivity contribution in [3.05, 3.63) is 27.8 Å². The molecule has 3 saturated carbocycles. The van der Waals surface area contributed by atoms with Crippen LogP contribution in [0.2, 0.25) is 5.02 Å². The van der Waals surface area contributed by atoms with Gasteiger partial charge in [0.25, 0.3) is 0 Å². The molecule has 0 aliphatic heterocycles. The van der Waals surface area contributed by atoms with E-state index < -0.39 is 64.4 Å². The number of phenolic OH excluding ortho intramolecular Hbond substituents is 1. The Morgan fingerprint density at radius 3 is 2.34 bits per heavy atom. The number of rotatable bonds is 7. The van der Waals surface area contributed by atoms with E-state index in [1.54, 1.807) is 14.1 Å². The van der Waals surface area contributed by atoms with Gasteiger partial charge in [-0.25, -0.2) is 0 Å². The second kappa shape index (κ2) is 10.3. The lowest BCUT2D eigenvalue weighted by Gasteiger charge is -2.52. The van der Waals surface area contributed by atoms with E-state index in [4.69, 9.17) is 17.3 Å². The highest BCUT2D eigenvalue weighted by Gasteiger charge is 2.69. The predicted molar refractivity (Wildman–Crippen MR) is 149 cm³/mol. The van der Waals surface area contributed by atoms with Gasteiger partial charge in [-0.15, -0.1) is 0 Å². The molecule has 0 radical (unpaired) electrons. The molecule has 4 N–H and O–H groups in total. The van der Waals surface area contributed by atoms with Gasteiger partial charge in [0.15, 0.2) is 34.7 Å². The highest BCUT2D eigenvalue weighted by molar-refractivity contribution is 6.34. The smallest absolute Gasteiger partial charge is 0.235 e. The third-order valence-electron chi connectivity index (χ3n) is 10.3. The Labute approximate surface area is 244 Å². The van der Waals surface area contributed by atoms with E-state index in [9.17, 15) is 34.2 Å². The van der Waals surface area contributed by atoms with Crippen molar-refractivity contribution >= 4 is 40.6 Å². The Balaban J connectivity index is 1.51. The lowest BCUT2D eigenvalue weighted by molar-refractivity contribution is -0.181. The first-order chi connectivity index (χ1) is 19.2. The fraction of sp³-hybridized carbons (Fsp3) is 0.633. The summed E-state index contributed by atoms with van der Waals surface area (Å²) in [6, 6.07) is 0.313. The summed E-state index contributed by atoms with van der Waals surface area (Å²) in [6.07, 6.45) is 4.79. The number of Topliss-reactive ketones (excluding diaryl/α,β-unsaturated/α-hetero) is 4. The largest absolute Gasteiger partial charge is 0.507 e. The van der Waals surface area contributed by atoms with Crippen LogP contribution in [0.5, 0.6) is 5.75 Å². The van der Waals surface area contributed by atoms with Gasteiger partial charge in [-0.2, -0.15) is 0 Å². The Morgan fingerprint density at radius 2 is 1.80 bits per heavy atom. The van der Waals surface area contributed by atoms with Crippen molar-refractivity contribution in [1.82, 2.24) is 9.80 Å². The van der Waals surface area contributed by atoms with Crippen LogP contribution in [0.15, 0.2) is 6.07 Å². The summed E-state index contributed by atoms with van der Waals surface area (Å²) in [5, 5.41) is 23.0. The number of phenols is 1. The van der Waals surface area contributed by atoms with E-state index in [0.717, 1.165) is 13.0 Å². The zero-order valence-electron chi connectivity index (χ0n) is 23.9. The molecular weight excluding hydrogens is 550 g/mol. The number of aromatic hydroxyl groups is 1. The number of hydrogen-bond donors (Lipinski definition) is 3. The van der Waals surface area contributed by atoms with Crippen LogP contribution < -0.4 is 5.73 Å². The number of halogens is 1. The van der Waals surface area contributed by atoms with Crippen LogP contribution in [0, 0.1) is 29.1 Å². The molecule has 0 bridgehead atoms. The normalized spacial score (nSPS) is 32.4. The van der Waals surface area contributed by atoms with E-state index >= 15 is 0 Å². The Hall–Kier alpha value is -2.66.